The zero-order chi connectivity index (χ0) is 25.2. The van der Waals surface area contributed by atoms with E-state index in [1.54, 1.807) is 7.05 Å². The number of carboxylic acid groups (broad SMARTS) is 1. The first-order chi connectivity index (χ1) is 16.7. The Hall–Kier alpha value is -3.35. The lowest BCUT2D eigenvalue weighted by Gasteiger charge is -2.37. The number of alkyl carbamates (subject to hydrolysis) is 1. The van der Waals surface area contributed by atoms with Gasteiger partial charge in [0.25, 0.3) is 0 Å². The summed E-state index contributed by atoms with van der Waals surface area (Å²) in [5.41, 5.74) is 3.45. The molecule has 0 radical (unpaired) electrons. The van der Waals surface area contributed by atoms with Gasteiger partial charge >= 0.3 is 12.1 Å². The van der Waals surface area contributed by atoms with Crippen molar-refractivity contribution < 1.29 is 24.2 Å². The van der Waals surface area contributed by atoms with Gasteiger partial charge in [0, 0.05) is 25.4 Å². The number of carbonyl (C=O) groups excluding carboxylic acids is 2. The molecule has 2 N–H and O–H groups in total. The molecule has 2 atom stereocenters. The number of fused-ring (bicyclic) bond motifs is 3. The molecule has 186 valence electrons. The Morgan fingerprint density at radius 3 is 2.23 bits per heavy atom. The average Bonchev–Trinajstić information content (AvgIpc) is 3.19. The van der Waals surface area contributed by atoms with Crippen LogP contribution in [0.5, 0.6) is 0 Å². The molecule has 2 aromatic carbocycles. The lowest BCUT2D eigenvalue weighted by atomic mass is 9.80. The van der Waals surface area contributed by atoms with E-state index in [0.717, 1.165) is 19.3 Å². The number of hydrogen-bond donors (Lipinski definition) is 2. The van der Waals surface area contributed by atoms with Gasteiger partial charge in [-0.3, -0.25) is 4.79 Å². The van der Waals surface area contributed by atoms with Gasteiger partial charge in [0.2, 0.25) is 5.91 Å². The number of nitrogens with zero attached hydrogens (tertiary/aromatic N) is 1. The van der Waals surface area contributed by atoms with Gasteiger partial charge in [0.1, 0.15) is 12.1 Å². The zero-order valence-electron chi connectivity index (χ0n) is 20.6. The Bertz CT molecular complexity index is 1070. The molecule has 1 saturated carbocycles. The van der Waals surface area contributed by atoms with Crippen LogP contribution in [0.25, 0.3) is 11.1 Å². The van der Waals surface area contributed by atoms with E-state index in [1.165, 1.54) is 41.0 Å². The molecule has 0 aromatic heterocycles. The maximum Gasteiger partial charge on any atom is 0.407 e. The third kappa shape index (κ3) is 5.04. The van der Waals surface area contributed by atoms with Crippen molar-refractivity contribution in [2.24, 2.45) is 11.8 Å². The number of benzene rings is 2. The summed E-state index contributed by atoms with van der Waals surface area (Å²) in [7, 11) is 1.55. The van der Waals surface area contributed by atoms with Crippen molar-refractivity contribution in [1.82, 2.24) is 10.2 Å². The number of likely N-dealkylation sites (N-methyl/N-ethyl adjacent to an activating group) is 1. The van der Waals surface area contributed by atoms with Crippen LogP contribution in [0.3, 0.4) is 0 Å². The van der Waals surface area contributed by atoms with Crippen LogP contribution in [0.15, 0.2) is 48.5 Å². The zero-order valence-corrected chi connectivity index (χ0v) is 20.6. The quantitative estimate of drug-likeness (QED) is 0.604. The molecule has 7 heteroatoms. The lowest BCUT2D eigenvalue weighted by Crippen LogP contribution is -2.53. The van der Waals surface area contributed by atoms with E-state index < -0.39 is 17.6 Å². The molecule has 4 rings (SSSR count). The second-order valence-electron chi connectivity index (χ2n) is 10.2. The third-order valence-corrected chi connectivity index (χ3v) is 7.70. The molecule has 2 unspecified atom stereocenters. The van der Waals surface area contributed by atoms with E-state index in [2.05, 4.69) is 29.6 Å². The first-order valence-corrected chi connectivity index (χ1v) is 12.3. The molecule has 2 aliphatic carbocycles. The standard InChI is InChI=1S/C28H34N2O5/c1-28(2,26(32)33)30(3)25(31)19-10-8-9-18(15-19)16-29-27(34)35-17-24-22-13-6-4-11-20(22)21-12-5-7-14-23(21)24/h4-7,11-14,18-19,24H,8-10,15-17H2,1-3H3,(H,29,34)(H,32,33). The Morgan fingerprint density at radius 2 is 1.63 bits per heavy atom. The predicted molar refractivity (Wildman–Crippen MR) is 133 cm³/mol. The largest absolute Gasteiger partial charge is 0.480 e. The molecule has 2 amide bonds. The monoisotopic (exact) mass is 478 g/mol. The highest BCUT2D eigenvalue weighted by Gasteiger charge is 2.39. The molecule has 35 heavy (non-hydrogen) atoms. The minimum Gasteiger partial charge on any atom is -0.480 e. The number of ether oxygens (including phenoxy) is 1. The Morgan fingerprint density at radius 1 is 1.03 bits per heavy atom. The summed E-state index contributed by atoms with van der Waals surface area (Å²) in [6.45, 7) is 3.77. The van der Waals surface area contributed by atoms with E-state index in [9.17, 15) is 19.5 Å². The first kappa shape index (κ1) is 24.8. The highest BCUT2D eigenvalue weighted by Crippen LogP contribution is 2.44. The van der Waals surface area contributed by atoms with Crippen molar-refractivity contribution >= 4 is 18.0 Å². The Balaban J connectivity index is 1.29. The van der Waals surface area contributed by atoms with Gasteiger partial charge < -0.3 is 20.1 Å². The van der Waals surface area contributed by atoms with Crippen LogP contribution in [-0.4, -0.2) is 53.7 Å². The second-order valence-corrected chi connectivity index (χ2v) is 10.2. The van der Waals surface area contributed by atoms with Gasteiger partial charge in [-0.1, -0.05) is 55.0 Å². The van der Waals surface area contributed by atoms with Crippen molar-refractivity contribution in [2.45, 2.75) is 51.0 Å². The molecule has 0 spiro atoms. The predicted octanol–water partition coefficient (Wildman–Crippen LogP) is 4.65. The van der Waals surface area contributed by atoms with Crippen LogP contribution < -0.4 is 5.32 Å². The minimum atomic E-state index is -1.26. The molecule has 0 aliphatic heterocycles. The van der Waals surface area contributed by atoms with Crippen LogP contribution >= 0.6 is 0 Å². The average molecular weight is 479 g/mol. The Kier molecular flexibility index (Phi) is 7.15. The van der Waals surface area contributed by atoms with Gasteiger partial charge in [-0.05, 0) is 61.3 Å². The molecule has 2 aromatic rings. The number of hydrogen-bond acceptors (Lipinski definition) is 4. The van der Waals surface area contributed by atoms with Crippen LogP contribution in [0.4, 0.5) is 4.79 Å². The number of amides is 2. The highest BCUT2D eigenvalue weighted by atomic mass is 16.5. The summed E-state index contributed by atoms with van der Waals surface area (Å²) in [6.07, 6.45) is 2.70. The first-order valence-electron chi connectivity index (χ1n) is 12.3. The van der Waals surface area contributed by atoms with Crippen molar-refractivity contribution in [2.75, 3.05) is 20.2 Å². The summed E-state index contributed by atoms with van der Waals surface area (Å²) in [6, 6.07) is 16.4. The summed E-state index contributed by atoms with van der Waals surface area (Å²) in [5, 5.41) is 12.3. The lowest BCUT2D eigenvalue weighted by molar-refractivity contribution is -0.157. The third-order valence-electron chi connectivity index (χ3n) is 7.70. The van der Waals surface area contributed by atoms with Gasteiger partial charge in [0.15, 0.2) is 0 Å². The van der Waals surface area contributed by atoms with E-state index >= 15 is 0 Å². The van der Waals surface area contributed by atoms with Crippen molar-refractivity contribution in [3.8, 4) is 11.1 Å². The van der Waals surface area contributed by atoms with E-state index in [-0.39, 0.29) is 30.3 Å². The molecular weight excluding hydrogens is 444 g/mol. The van der Waals surface area contributed by atoms with Crippen LogP contribution in [0, 0.1) is 11.8 Å². The summed E-state index contributed by atoms with van der Waals surface area (Å²) < 4.78 is 5.62. The number of carbonyl (C=O) groups is 3. The molecule has 0 saturated heterocycles. The number of nitrogens with one attached hydrogen (secondary N) is 1. The SMILES string of the molecule is CN(C(=O)C1CCCC(CNC(=O)OCC2c3ccccc3-c3ccccc32)C1)C(C)(C)C(=O)O. The van der Waals surface area contributed by atoms with Gasteiger partial charge in [0.05, 0.1) is 0 Å². The van der Waals surface area contributed by atoms with E-state index in [0.29, 0.717) is 13.0 Å². The number of rotatable bonds is 7. The van der Waals surface area contributed by atoms with Gasteiger partial charge in [-0.2, -0.15) is 0 Å². The topological polar surface area (TPSA) is 95.9 Å². The highest BCUT2D eigenvalue weighted by molar-refractivity contribution is 5.87. The maximum absolute atomic E-state index is 12.9. The second kappa shape index (κ2) is 10.1. The minimum absolute atomic E-state index is 0.0120. The van der Waals surface area contributed by atoms with Crippen molar-refractivity contribution in [3.05, 3.63) is 59.7 Å². The van der Waals surface area contributed by atoms with Crippen molar-refractivity contribution in [1.29, 1.82) is 0 Å². The Labute approximate surface area is 206 Å². The van der Waals surface area contributed by atoms with Gasteiger partial charge in [-0.25, -0.2) is 9.59 Å². The fraction of sp³-hybridized carbons (Fsp3) is 0.464. The maximum atomic E-state index is 12.9. The van der Waals surface area contributed by atoms with E-state index in [4.69, 9.17) is 4.74 Å². The van der Waals surface area contributed by atoms with Gasteiger partial charge in [-0.15, -0.1) is 0 Å². The molecular formula is C28H34N2O5. The summed E-state index contributed by atoms with van der Waals surface area (Å²) in [5.74, 6) is -1.25. The number of carboxylic acids is 1. The molecule has 2 aliphatic rings. The van der Waals surface area contributed by atoms with Crippen LogP contribution in [-0.2, 0) is 14.3 Å². The smallest absolute Gasteiger partial charge is 0.407 e. The normalized spacial score (nSPS) is 19.4. The molecule has 0 bridgehead atoms. The van der Waals surface area contributed by atoms with Crippen LogP contribution in [0.1, 0.15) is 56.6 Å². The number of aliphatic carboxylic acids is 1. The fourth-order valence-electron chi connectivity index (χ4n) is 5.27. The molecule has 1 fully saturated rings. The molecule has 7 nitrogen and oxygen atoms in total. The van der Waals surface area contributed by atoms with Crippen molar-refractivity contribution in [3.63, 3.8) is 0 Å². The summed E-state index contributed by atoms with van der Waals surface area (Å²) >= 11 is 0. The van der Waals surface area contributed by atoms with Crippen LogP contribution in [0.2, 0.25) is 0 Å². The summed E-state index contributed by atoms with van der Waals surface area (Å²) in [4.78, 5) is 38.3. The van der Waals surface area contributed by atoms with E-state index in [1.807, 2.05) is 24.3 Å². The molecule has 0 heterocycles. The fourth-order valence-corrected chi connectivity index (χ4v) is 5.27.